The molecule has 1 atom stereocenters. The zero-order valence-corrected chi connectivity index (χ0v) is 9.56. The van der Waals surface area contributed by atoms with Gasteiger partial charge in [0.05, 0.1) is 5.02 Å². The molecule has 5 nitrogen and oxygen atoms in total. The second-order valence-corrected chi connectivity index (χ2v) is 3.64. The van der Waals surface area contributed by atoms with Crippen molar-refractivity contribution in [3.63, 3.8) is 0 Å². The van der Waals surface area contributed by atoms with Crippen molar-refractivity contribution in [1.82, 2.24) is 4.98 Å². The van der Waals surface area contributed by atoms with E-state index in [2.05, 4.69) is 4.98 Å². The average Bonchev–Trinajstić information content (AvgIpc) is 2.27. The summed E-state index contributed by atoms with van der Waals surface area (Å²) in [4.78, 5) is 16.2. The molecule has 0 amide bonds. The van der Waals surface area contributed by atoms with Crippen molar-refractivity contribution >= 4 is 23.4 Å². The van der Waals surface area contributed by atoms with E-state index in [1.54, 1.807) is 13.1 Å². The van der Waals surface area contributed by atoms with Gasteiger partial charge in [0.25, 0.3) is 0 Å². The monoisotopic (exact) mass is 239 g/mol. The fourth-order valence-corrected chi connectivity index (χ4v) is 1.22. The minimum absolute atomic E-state index is 0.0867. The van der Waals surface area contributed by atoms with Gasteiger partial charge in [-0.15, -0.1) is 0 Å². The standard InChI is InChI=1S/C10H10ClN3O2/c1-6(10(15)16)14(2)9-4-3-7(11)8(5-12)13-9/h3-4,6H,1-2H3,(H,15,16). The molecule has 0 fully saturated rings. The van der Waals surface area contributed by atoms with Gasteiger partial charge in [0.15, 0.2) is 5.69 Å². The number of hydrogen-bond acceptors (Lipinski definition) is 4. The van der Waals surface area contributed by atoms with Crippen LogP contribution in [0.3, 0.4) is 0 Å². The lowest BCUT2D eigenvalue weighted by molar-refractivity contribution is -0.138. The van der Waals surface area contributed by atoms with E-state index in [0.717, 1.165) is 0 Å². The van der Waals surface area contributed by atoms with Gasteiger partial charge in [-0.2, -0.15) is 5.26 Å². The Labute approximate surface area is 97.9 Å². The second-order valence-electron chi connectivity index (χ2n) is 3.24. The molecular formula is C10H10ClN3O2. The van der Waals surface area contributed by atoms with E-state index in [9.17, 15) is 4.79 Å². The summed E-state index contributed by atoms with van der Waals surface area (Å²) in [7, 11) is 1.59. The molecule has 0 aliphatic heterocycles. The molecule has 0 aliphatic rings. The zero-order chi connectivity index (χ0) is 12.3. The van der Waals surface area contributed by atoms with Crippen LogP contribution in [0.5, 0.6) is 0 Å². The number of aromatic nitrogens is 1. The van der Waals surface area contributed by atoms with E-state index >= 15 is 0 Å². The molecule has 0 aromatic carbocycles. The first-order valence-corrected chi connectivity index (χ1v) is 4.87. The molecule has 1 N–H and O–H groups in total. The molecule has 1 unspecified atom stereocenters. The van der Waals surface area contributed by atoms with Gasteiger partial charge in [-0.3, -0.25) is 0 Å². The van der Waals surface area contributed by atoms with E-state index in [1.165, 1.54) is 17.9 Å². The number of rotatable bonds is 3. The van der Waals surface area contributed by atoms with Crippen LogP contribution in [-0.4, -0.2) is 29.1 Å². The zero-order valence-electron chi connectivity index (χ0n) is 8.81. The van der Waals surface area contributed by atoms with Crippen LogP contribution in [0.1, 0.15) is 12.6 Å². The Kier molecular flexibility index (Phi) is 3.69. The fourth-order valence-electron chi connectivity index (χ4n) is 1.07. The first-order chi connectivity index (χ1) is 7.47. The molecule has 0 spiro atoms. The van der Waals surface area contributed by atoms with Crippen molar-refractivity contribution in [1.29, 1.82) is 5.26 Å². The third kappa shape index (κ3) is 2.41. The fraction of sp³-hybridized carbons (Fsp3) is 0.300. The molecule has 1 rings (SSSR count). The van der Waals surface area contributed by atoms with Crippen molar-refractivity contribution < 1.29 is 9.90 Å². The first kappa shape index (κ1) is 12.3. The quantitative estimate of drug-likeness (QED) is 0.865. The summed E-state index contributed by atoms with van der Waals surface area (Å²) in [5.41, 5.74) is 0.0867. The Morgan fingerprint density at radius 3 is 2.81 bits per heavy atom. The minimum Gasteiger partial charge on any atom is -0.480 e. The molecule has 0 radical (unpaired) electrons. The summed E-state index contributed by atoms with van der Waals surface area (Å²) in [5.74, 6) is -0.561. The number of nitrogens with zero attached hydrogens (tertiary/aromatic N) is 3. The van der Waals surface area contributed by atoms with Gasteiger partial charge < -0.3 is 10.0 Å². The van der Waals surface area contributed by atoms with Gasteiger partial charge in [0.2, 0.25) is 0 Å². The van der Waals surface area contributed by atoms with Crippen LogP contribution in [0.15, 0.2) is 12.1 Å². The summed E-state index contributed by atoms with van der Waals surface area (Å²) < 4.78 is 0. The molecule has 6 heteroatoms. The lowest BCUT2D eigenvalue weighted by atomic mass is 10.3. The van der Waals surface area contributed by atoms with Crippen LogP contribution in [0.25, 0.3) is 0 Å². The van der Waals surface area contributed by atoms with Gasteiger partial charge in [-0.1, -0.05) is 11.6 Å². The number of pyridine rings is 1. The molecule has 0 saturated carbocycles. The van der Waals surface area contributed by atoms with Gasteiger partial charge in [0, 0.05) is 7.05 Å². The third-order valence-corrected chi connectivity index (χ3v) is 2.54. The molecule has 1 aromatic rings. The Morgan fingerprint density at radius 1 is 1.69 bits per heavy atom. The number of carboxylic acids is 1. The smallest absolute Gasteiger partial charge is 0.326 e. The maximum Gasteiger partial charge on any atom is 0.326 e. The number of carbonyl (C=O) groups is 1. The molecule has 0 bridgehead atoms. The first-order valence-electron chi connectivity index (χ1n) is 4.49. The normalized spacial score (nSPS) is 11.6. The van der Waals surface area contributed by atoms with Crippen molar-refractivity contribution in [2.45, 2.75) is 13.0 Å². The predicted octanol–water partition coefficient (Wildman–Crippen LogP) is 1.52. The van der Waals surface area contributed by atoms with E-state index < -0.39 is 12.0 Å². The highest BCUT2D eigenvalue weighted by Crippen LogP contribution is 2.19. The summed E-state index contributed by atoms with van der Waals surface area (Å²) >= 11 is 5.72. The van der Waals surface area contributed by atoms with Crippen molar-refractivity contribution in [2.75, 3.05) is 11.9 Å². The summed E-state index contributed by atoms with van der Waals surface area (Å²) in [6, 6.07) is 4.21. The molecule has 0 saturated heterocycles. The Morgan fingerprint density at radius 2 is 2.31 bits per heavy atom. The minimum atomic E-state index is -0.960. The highest BCUT2D eigenvalue weighted by atomic mass is 35.5. The molecule has 1 heterocycles. The predicted molar refractivity (Wildman–Crippen MR) is 59.5 cm³/mol. The summed E-state index contributed by atoms with van der Waals surface area (Å²) in [6.45, 7) is 1.53. The number of carboxylic acid groups (broad SMARTS) is 1. The van der Waals surface area contributed by atoms with Gasteiger partial charge in [0.1, 0.15) is 17.9 Å². The molecule has 1 aromatic heterocycles. The second kappa shape index (κ2) is 4.81. The van der Waals surface area contributed by atoms with Crippen LogP contribution in [-0.2, 0) is 4.79 Å². The topological polar surface area (TPSA) is 77.2 Å². The molecule has 16 heavy (non-hydrogen) atoms. The van der Waals surface area contributed by atoms with Gasteiger partial charge >= 0.3 is 5.97 Å². The number of likely N-dealkylation sites (N-methyl/N-ethyl adjacent to an activating group) is 1. The number of anilines is 1. The summed E-state index contributed by atoms with van der Waals surface area (Å²) in [5, 5.41) is 17.8. The van der Waals surface area contributed by atoms with Crippen molar-refractivity contribution in [3.8, 4) is 6.07 Å². The number of halogens is 1. The van der Waals surface area contributed by atoms with Gasteiger partial charge in [-0.25, -0.2) is 9.78 Å². The van der Waals surface area contributed by atoms with Crippen molar-refractivity contribution in [2.24, 2.45) is 0 Å². The van der Waals surface area contributed by atoms with Crippen LogP contribution < -0.4 is 4.90 Å². The number of hydrogen-bond donors (Lipinski definition) is 1. The van der Waals surface area contributed by atoms with Crippen LogP contribution in [0.2, 0.25) is 5.02 Å². The Bertz CT molecular complexity index is 456. The highest BCUT2D eigenvalue weighted by Gasteiger charge is 2.18. The van der Waals surface area contributed by atoms with Gasteiger partial charge in [-0.05, 0) is 19.1 Å². The molecule has 84 valence electrons. The largest absolute Gasteiger partial charge is 0.480 e. The maximum atomic E-state index is 10.8. The van der Waals surface area contributed by atoms with E-state index in [0.29, 0.717) is 5.82 Å². The molecule has 0 aliphatic carbocycles. The maximum absolute atomic E-state index is 10.8. The third-order valence-electron chi connectivity index (χ3n) is 2.24. The molecular weight excluding hydrogens is 230 g/mol. The van der Waals surface area contributed by atoms with E-state index in [4.69, 9.17) is 22.0 Å². The van der Waals surface area contributed by atoms with Crippen LogP contribution in [0, 0.1) is 11.3 Å². The highest BCUT2D eigenvalue weighted by molar-refractivity contribution is 6.31. The van der Waals surface area contributed by atoms with E-state index in [-0.39, 0.29) is 10.7 Å². The summed E-state index contributed by atoms with van der Waals surface area (Å²) in [6.07, 6.45) is 0. The Balaban J connectivity index is 3.06. The van der Waals surface area contributed by atoms with Crippen LogP contribution >= 0.6 is 11.6 Å². The number of aliphatic carboxylic acids is 1. The lowest BCUT2D eigenvalue weighted by Crippen LogP contribution is -2.36. The number of nitriles is 1. The van der Waals surface area contributed by atoms with E-state index in [1.807, 2.05) is 6.07 Å². The van der Waals surface area contributed by atoms with Crippen molar-refractivity contribution in [3.05, 3.63) is 22.8 Å². The lowest BCUT2D eigenvalue weighted by Gasteiger charge is -2.22. The Hall–Kier alpha value is -1.80. The SMILES string of the molecule is CC(C(=O)O)N(C)c1ccc(Cl)c(C#N)n1. The average molecular weight is 240 g/mol. The van der Waals surface area contributed by atoms with Crippen LogP contribution in [0.4, 0.5) is 5.82 Å².